The number of nitrogens with zero attached hydrogens (tertiary/aromatic N) is 1. The molecule has 2 aromatic carbocycles. The van der Waals surface area contributed by atoms with E-state index in [0.29, 0.717) is 11.3 Å². The zero-order valence-corrected chi connectivity index (χ0v) is 15.0. The molecule has 2 heterocycles. The van der Waals surface area contributed by atoms with Crippen molar-refractivity contribution in [3.63, 3.8) is 0 Å². The second-order valence-electron chi connectivity index (χ2n) is 7.02. The molecule has 0 saturated carbocycles. The van der Waals surface area contributed by atoms with Crippen molar-refractivity contribution in [3.8, 4) is 0 Å². The minimum atomic E-state index is -0.357. The van der Waals surface area contributed by atoms with E-state index in [-0.39, 0.29) is 16.8 Å². The van der Waals surface area contributed by atoms with Crippen LogP contribution in [0.1, 0.15) is 30.4 Å². The normalized spacial score (nSPS) is 21.7. The minimum absolute atomic E-state index is 0.154. The fourth-order valence-corrected chi connectivity index (χ4v) is 4.26. The van der Waals surface area contributed by atoms with Gasteiger partial charge in [0.25, 0.3) is 0 Å². The van der Waals surface area contributed by atoms with Crippen molar-refractivity contribution in [3.05, 3.63) is 70.7 Å². The number of benzene rings is 2. The molecule has 1 fully saturated rings. The van der Waals surface area contributed by atoms with Gasteiger partial charge in [0.2, 0.25) is 0 Å². The molecule has 25 heavy (non-hydrogen) atoms. The first kappa shape index (κ1) is 16.6. The van der Waals surface area contributed by atoms with Gasteiger partial charge >= 0.3 is 0 Å². The van der Waals surface area contributed by atoms with Gasteiger partial charge in [-0.2, -0.15) is 0 Å². The third-order valence-electron chi connectivity index (χ3n) is 5.29. The Morgan fingerprint density at radius 1 is 1.24 bits per heavy atom. The fourth-order valence-electron chi connectivity index (χ4n) is 4.05. The molecule has 130 valence electrons. The topological polar surface area (TPSA) is 16.4 Å². The number of fused-ring (bicyclic) bond motifs is 1. The van der Waals surface area contributed by atoms with Crippen molar-refractivity contribution >= 4 is 22.6 Å². The van der Waals surface area contributed by atoms with Crippen molar-refractivity contribution in [2.75, 3.05) is 13.1 Å². The molecule has 0 spiro atoms. The zero-order valence-electron chi connectivity index (χ0n) is 14.2. The van der Waals surface area contributed by atoms with Gasteiger partial charge in [-0.1, -0.05) is 48.9 Å². The lowest BCUT2D eigenvalue weighted by Crippen LogP contribution is -2.38. The van der Waals surface area contributed by atoms with Gasteiger partial charge in [0.15, 0.2) is 0 Å². The molecular weight excluding hydrogens is 337 g/mol. The number of rotatable bonds is 3. The Kier molecular flexibility index (Phi) is 4.53. The van der Waals surface area contributed by atoms with Crippen molar-refractivity contribution < 1.29 is 8.81 Å². The van der Waals surface area contributed by atoms with Crippen LogP contribution in [0.2, 0.25) is 5.02 Å². The first-order valence-electron chi connectivity index (χ1n) is 8.75. The number of hydrogen-bond donors (Lipinski definition) is 0. The number of furan rings is 1. The van der Waals surface area contributed by atoms with Crippen LogP contribution in [0.25, 0.3) is 11.0 Å². The van der Waals surface area contributed by atoms with Gasteiger partial charge in [0.05, 0.1) is 11.3 Å². The third-order valence-corrected chi connectivity index (χ3v) is 5.68. The summed E-state index contributed by atoms with van der Waals surface area (Å²) in [5.41, 5.74) is 3.02. The van der Waals surface area contributed by atoms with Crippen LogP contribution in [-0.2, 0) is 6.54 Å². The fraction of sp³-hybridized carbons (Fsp3) is 0.333. The van der Waals surface area contributed by atoms with Crippen LogP contribution in [0, 0.1) is 11.7 Å². The van der Waals surface area contributed by atoms with Crippen LogP contribution in [0.3, 0.4) is 0 Å². The molecule has 4 rings (SSSR count). The minimum Gasteiger partial charge on any atom is -0.464 e. The van der Waals surface area contributed by atoms with Gasteiger partial charge < -0.3 is 4.42 Å². The number of hydrogen-bond acceptors (Lipinski definition) is 2. The van der Waals surface area contributed by atoms with E-state index in [9.17, 15) is 4.39 Å². The maximum Gasteiger partial charge on any atom is 0.142 e. The predicted octanol–water partition coefficient (Wildman–Crippen LogP) is 5.85. The molecule has 2 nitrogen and oxygen atoms in total. The van der Waals surface area contributed by atoms with E-state index >= 15 is 0 Å². The molecule has 2 atom stereocenters. The molecule has 0 radical (unpaired) electrons. The lowest BCUT2D eigenvalue weighted by molar-refractivity contribution is 0.156. The van der Waals surface area contributed by atoms with Gasteiger partial charge in [-0.3, -0.25) is 4.90 Å². The van der Waals surface area contributed by atoms with Crippen LogP contribution in [0.5, 0.6) is 0 Å². The molecule has 4 heteroatoms. The lowest BCUT2D eigenvalue weighted by Gasteiger charge is -2.37. The highest BCUT2D eigenvalue weighted by atomic mass is 35.5. The van der Waals surface area contributed by atoms with Crippen molar-refractivity contribution in [1.29, 1.82) is 0 Å². The van der Waals surface area contributed by atoms with Gasteiger partial charge in [0, 0.05) is 24.0 Å². The van der Waals surface area contributed by atoms with Crippen molar-refractivity contribution in [2.45, 2.75) is 25.8 Å². The van der Waals surface area contributed by atoms with Gasteiger partial charge in [0.1, 0.15) is 11.4 Å². The Labute approximate surface area is 152 Å². The van der Waals surface area contributed by atoms with E-state index in [1.54, 1.807) is 18.4 Å². The van der Waals surface area contributed by atoms with Crippen LogP contribution >= 0.6 is 11.6 Å². The summed E-state index contributed by atoms with van der Waals surface area (Å²) in [5.74, 6) is 0.350. The lowest BCUT2D eigenvalue weighted by atomic mass is 9.81. The van der Waals surface area contributed by atoms with E-state index in [0.717, 1.165) is 37.2 Å². The zero-order chi connectivity index (χ0) is 17.4. The SMILES string of the molecule is CC1CN(Cc2ccccc2)CCC1c1cc(F)c(Cl)c2ccoc12. The van der Waals surface area contributed by atoms with E-state index in [2.05, 4.69) is 36.1 Å². The largest absolute Gasteiger partial charge is 0.464 e. The van der Waals surface area contributed by atoms with Crippen LogP contribution in [0.4, 0.5) is 4.39 Å². The van der Waals surface area contributed by atoms with E-state index in [1.165, 1.54) is 5.56 Å². The average Bonchev–Trinajstić information content (AvgIpc) is 3.10. The summed E-state index contributed by atoms with van der Waals surface area (Å²) in [5, 5.41) is 0.831. The van der Waals surface area contributed by atoms with E-state index in [4.69, 9.17) is 16.0 Å². The smallest absolute Gasteiger partial charge is 0.142 e. The summed E-state index contributed by atoms with van der Waals surface area (Å²) in [6, 6.07) is 13.9. The van der Waals surface area contributed by atoms with Crippen molar-refractivity contribution in [1.82, 2.24) is 4.90 Å². The highest BCUT2D eigenvalue weighted by Gasteiger charge is 2.30. The molecule has 0 amide bonds. The summed E-state index contributed by atoms with van der Waals surface area (Å²) < 4.78 is 19.9. The Morgan fingerprint density at radius 3 is 2.80 bits per heavy atom. The van der Waals surface area contributed by atoms with Gasteiger partial charge in [-0.05, 0) is 42.5 Å². The van der Waals surface area contributed by atoms with E-state index in [1.807, 2.05) is 6.07 Å². The molecule has 1 aliphatic heterocycles. The maximum absolute atomic E-state index is 14.2. The third kappa shape index (κ3) is 3.19. The maximum atomic E-state index is 14.2. The summed E-state index contributed by atoms with van der Waals surface area (Å²) in [7, 11) is 0. The molecule has 1 aromatic heterocycles. The van der Waals surface area contributed by atoms with Crippen molar-refractivity contribution in [2.24, 2.45) is 5.92 Å². The molecule has 0 aliphatic carbocycles. The highest BCUT2D eigenvalue weighted by molar-refractivity contribution is 6.35. The van der Waals surface area contributed by atoms with Gasteiger partial charge in [-0.25, -0.2) is 4.39 Å². The molecule has 1 aliphatic rings. The Hall–Kier alpha value is -1.84. The molecule has 2 unspecified atom stereocenters. The first-order chi connectivity index (χ1) is 12.1. The summed E-state index contributed by atoms with van der Waals surface area (Å²) in [6.07, 6.45) is 2.58. The highest BCUT2D eigenvalue weighted by Crippen LogP contribution is 2.40. The molecule has 1 saturated heterocycles. The molecule has 0 N–H and O–H groups in total. The Bertz CT molecular complexity index is 876. The number of likely N-dealkylation sites (tertiary alicyclic amines) is 1. The summed E-state index contributed by atoms with van der Waals surface area (Å²) in [4.78, 5) is 2.47. The molecule has 3 aromatic rings. The first-order valence-corrected chi connectivity index (χ1v) is 9.12. The van der Waals surface area contributed by atoms with Crippen LogP contribution in [-0.4, -0.2) is 18.0 Å². The molecule has 0 bridgehead atoms. The Morgan fingerprint density at radius 2 is 2.04 bits per heavy atom. The second-order valence-corrected chi connectivity index (χ2v) is 7.40. The van der Waals surface area contributed by atoms with Crippen LogP contribution in [0.15, 0.2) is 53.1 Å². The monoisotopic (exact) mass is 357 g/mol. The summed E-state index contributed by atoms with van der Waals surface area (Å²) >= 11 is 6.08. The predicted molar refractivity (Wildman–Crippen MR) is 99.4 cm³/mol. The Balaban J connectivity index is 1.56. The van der Waals surface area contributed by atoms with Gasteiger partial charge in [-0.15, -0.1) is 0 Å². The van der Waals surface area contributed by atoms with E-state index < -0.39 is 0 Å². The number of halogens is 2. The second kappa shape index (κ2) is 6.81. The number of piperidine rings is 1. The average molecular weight is 358 g/mol. The van der Waals surface area contributed by atoms with Crippen LogP contribution < -0.4 is 0 Å². The summed E-state index contributed by atoms with van der Waals surface area (Å²) in [6.45, 7) is 5.19. The standard InChI is InChI=1S/C21H21ClFNO/c1-14-12-24(13-15-5-3-2-4-6-15)9-7-16(14)18-11-19(23)20(22)17-8-10-25-21(17)18/h2-6,8,10-11,14,16H,7,9,12-13H2,1H3. The quantitative estimate of drug-likeness (QED) is 0.584. The molecular formula is C21H21ClFNO.